The molecule has 3 rings (SSSR count). The van der Waals surface area contributed by atoms with Crippen molar-refractivity contribution in [3.63, 3.8) is 0 Å². The first-order valence-corrected chi connectivity index (χ1v) is 9.63. The molecule has 1 amide bonds. The summed E-state index contributed by atoms with van der Waals surface area (Å²) in [5.74, 6) is 0.817. The van der Waals surface area contributed by atoms with Gasteiger partial charge in [0.15, 0.2) is 0 Å². The van der Waals surface area contributed by atoms with Gasteiger partial charge in [-0.25, -0.2) is 4.39 Å². The van der Waals surface area contributed by atoms with Crippen LogP contribution in [-0.4, -0.2) is 20.1 Å². The summed E-state index contributed by atoms with van der Waals surface area (Å²) in [7, 11) is 3.21. The Bertz CT molecular complexity index is 911. The average Bonchev–Trinajstić information content (AvgIpc) is 2.72. The fraction of sp³-hybridized carbons (Fsp3) is 0.136. The van der Waals surface area contributed by atoms with Gasteiger partial charge >= 0.3 is 0 Å². The maximum atomic E-state index is 13.4. The summed E-state index contributed by atoms with van der Waals surface area (Å²) in [4.78, 5) is 12.9. The highest BCUT2D eigenvalue weighted by Crippen LogP contribution is 2.27. The molecule has 0 atom stereocenters. The summed E-state index contributed by atoms with van der Waals surface area (Å²) in [5.41, 5.74) is 2.22. The number of methoxy groups -OCH3 is 2. The maximum absolute atomic E-state index is 13.4. The van der Waals surface area contributed by atoms with Gasteiger partial charge in [-0.1, -0.05) is 24.3 Å². The van der Waals surface area contributed by atoms with E-state index in [1.807, 2.05) is 71.1 Å². The van der Waals surface area contributed by atoms with Gasteiger partial charge in [0, 0.05) is 3.57 Å². The Morgan fingerprint density at radius 2 is 1.39 bits per heavy atom. The number of ether oxygens (including phenoxy) is 2. The van der Waals surface area contributed by atoms with Gasteiger partial charge < -0.3 is 14.8 Å². The summed E-state index contributed by atoms with van der Waals surface area (Å²) in [5, 5.41) is 3.05. The molecule has 0 bridgehead atoms. The number of carbonyl (C=O) groups is 1. The van der Waals surface area contributed by atoms with Crippen molar-refractivity contribution in [3.05, 3.63) is 92.8 Å². The molecule has 0 radical (unpaired) electrons. The summed E-state index contributed by atoms with van der Waals surface area (Å²) in [6.07, 6.45) is 0. The van der Waals surface area contributed by atoms with Crippen LogP contribution in [-0.2, 0) is 0 Å². The topological polar surface area (TPSA) is 47.6 Å². The highest BCUT2D eigenvalue weighted by atomic mass is 127. The highest BCUT2D eigenvalue weighted by Gasteiger charge is 2.20. The third-order valence-corrected chi connectivity index (χ3v) is 5.24. The van der Waals surface area contributed by atoms with E-state index in [0.717, 1.165) is 22.6 Å². The monoisotopic (exact) mass is 491 g/mol. The van der Waals surface area contributed by atoms with Crippen molar-refractivity contribution in [2.75, 3.05) is 14.2 Å². The van der Waals surface area contributed by atoms with Gasteiger partial charge in [0.1, 0.15) is 17.3 Å². The fourth-order valence-electron chi connectivity index (χ4n) is 2.83. The third kappa shape index (κ3) is 4.62. The summed E-state index contributed by atoms with van der Waals surface area (Å²) < 4.78 is 24.4. The largest absolute Gasteiger partial charge is 0.497 e. The van der Waals surface area contributed by atoms with Crippen LogP contribution in [0.1, 0.15) is 27.5 Å². The molecule has 0 saturated carbocycles. The van der Waals surface area contributed by atoms with Gasteiger partial charge in [-0.3, -0.25) is 4.79 Å². The van der Waals surface area contributed by atoms with Crippen LogP contribution in [0.3, 0.4) is 0 Å². The second kappa shape index (κ2) is 9.05. The predicted molar refractivity (Wildman–Crippen MR) is 114 cm³/mol. The van der Waals surface area contributed by atoms with E-state index in [1.54, 1.807) is 14.2 Å². The molecule has 28 heavy (non-hydrogen) atoms. The first-order chi connectivity index (χ1) is 13.5. The zero-order valence-corrected chi connectivity index (χ0v) is 17.6. The molecule has 0 aromatic heterocycles. The lowest BCUT2D eigenvalue weighted by Crippen LogP contribution is -2.30. The smallest absolute Gasteiger partial charge is 0.253 e. The van der Waals surface area contributed by atoms with Gasteiger partial charge in [0.2, 0.25) is 0 Å². The number of halogens is 2. The van der Waals surface area contributed by atoms with E-state index in [-0.39, 0.29) is 17.8 Å². The van der Waals surface area contributed by atoms with E-state index in [0.29, 0.717) is 9.13 Å². The minimum atomic E-state index is -0.384. The number of hydrogen-bond donors (Lipinski definition) is 1. The van der Waals surface area contributed by atoms with Crippen molar-refractivity contribution in [3.8, 4) is 11.5 Å². The predicted octanol–water partition coefficient (Wildman–Crippen LogP) is 4.97. The van der Waals surface area contributed by atoms with E-state index in [9.17, 15) is 9.18 Å². The molecule has 0 aliphatic heterocycles. The summed E-state index contributed by atoms with van der Waals surface area (Å²) >= 11 is 1.96. The van der Waals surface area contributed by atoms with Crippen LogP contribution in [0.5, 0.6) is 11.5 Å². The Balaban J connectivity index is 1.95. The van der Waals surface area contributed by atoms with Crippen molar-refractivity contribution in [1.29, 1.82) is 0 Å². The number of hydrogen-bond acceptors (Lipinski definition) is 3. The highest BCUT2D eigenvalue weighted by molar-refractivity contribution is 14.1. The number of nitrogens with one attached hydrogen (secondary N) is 1. The quantitative estimate of drug-likeness (QED) is 0.496. The Kier molecular flexibility index (Phi) is 6.51. The molecule has 4 nitrogen and oxygen atoms in total. The second-order valence-corrected chi connectivity index (χ2v) is 7.24. The summed E-state index contributed by atoms with van der Waals surface area (Å²) in [6, 6.07) is 18.7. The average molecular weight is 491 g/mol. The number of benzene rings is 3. The van der Waals surface area contributed by atoms with Crippen molar-refractivity contribution < 1.29 is 18.7 Å². The first kappa shape index (κ1) is 20.1. The Labute approximate surface area is 176 Å². The van der Waals surface area contributed by atoms with Crippen molar-refractivity contribution >= 4 is 28.5 Å². The molecule has 0 spiro atoms. The zero-order valence-electron chi connectivity index (χ0n) is 15.4. The molecule has 1 N–H and O–H groups in total. The molecule has 0 aliphatic rings. The molecule has 0 unspecified atom stereocenters. The van der Waals surface area contributed by atoms with Crippen molar-refractivity contribution in [2.45, 2.75) is 6.04 Å². The Hall–Kier alpha value is -2.61. The zero-order chi connectivity index (χ0) is 20.1. The Morgan fingerprint density at radius 1 is 0.893 bits per heavy atom. The molecule has 0 aliphatic carbocycles. The number of amides is 1. The van der Waals surface area contributed by atoms with Crippen LogP contribution in [0.25, 0.3) is 0 Å². The molecule has 6 heteroatoms. The molecular weight excluding hydrogens is 472 g/mol. The molecular formula is C22H19FINO3. The molecule has 0 heterocycles. The van der Waals surface area contributed by atoms with E-state index < -0.39 is 0 Å². The summed E-state index contributed by atoms with van der Waals surface area (Å²) in [6.45, 7) is 0. The van der Waals surface area contributed by atoms with E-state index in [4.69, 9.17) is 9.47 Å². The van der Waals surface area contributed by atoms with E-state index in [1.165, 1.54) is 18.2 Å². The van der Waals surface area contributed by atoms with Crippen molar-refractivity contribution in [2.24, 2.45) is 0 Å². The standard InChI is InChI=1S/C22H19FINO3/c1-27-17-8-3-14(4-9-17)21(15-5-10-18(28-2)11-6-15)25-22(26)19-12-7-16(23)13-20(19)24/h3-13,21H,1-2H3,(H,25,26). The van der Waals surface area contributed by atoms with E-state index in [2.05, 4.69) is 5.32 Å². The third-order valence-electron chi connectivity index (χ3n) is 4.35. The fourth-order valence-corrected chi connectivity index (χ4v) is 3.56. The second-order valence-electron chi connectivity index (χ2n) is 6.08. The van der Waals surface area contributed by atoms with Gasteiger partial charge in [-0.2, -0.15) is 0 Å². The lowest BCUT2D eigenvalue weighted by Gasteiger charge is -2.21. The molecule has 0 fully saturated rings. The minimum absolute atomic E-state index is 0.277. The number of rotatable bonds is 6. The van der Waals surface area contributed by atoms with Crippen LogP contribution in [0.2, 0.25) is 0 Å². The molecule has 144 valence electrons. The van der Waals surface area contributed by atoms with Crippen LogP contribution in [0, 0.1) is 9.39 Å². The number of carbonyl (C=O) groups excluding carboxylic acids is 1. The first-order valence-electron chi connectivity index (χ1n) is 8.55. The minimum Gasteiger partial charge on any atom is -0.497 e. The normalized spacial score (nSPS) is 10.6. The lowest BCUT2D eigenvalue weighted by atomic mass is 9.98. The van der Waals surface area contributed by atoms with Crippen molar-refractivity contribution in [1.82, 2.24) is 5.32 Å². The van der Waals surface area contributed by atoms with Crippen LogP contribution in [0.4, 0.5) is 4.39 Å². The van der Waals surface area contributed by atoms with E-state index >= 15 is 0 Å². The van der Waals surface area contributed by atoms with Crippen LogP contribution in [0.15, 0.2) is 66.7 Å². The van der Waals surface area contributed by atoms with Gasteiger partial charge in [0.05, 0.1) is 25.8 Å². The van der Waals surface area contributed by atoms with Gasteiger partial charge in [0.25, 0.3) is 5.91 Å². The van der Waals surface area contributed by atoms with Crippen LogP contribution >= 0.6 is 22.6 Å². The molecule has 3 aromatic carbocycles. The molecule has 0 saturated heterocycles. The van der Waals surface area contributed by atoms with Crippen LogP contribution < -0.4 is 14.8 Å². The molecule has 3 aromatic rings. The van der Waals surface area contributed by atoms with Gasteiger partial charge in [-0.15, -0.1) is 0 Å². The van der Waals surface area contributed by atoms with Gasteiger partial charge in [-0.05, 0) is 76.2 Å². The maximum Gasteiger partial charge on any atom is 0.253 e. The lowest BCUT2D eigenvalue weighted by molar-refractivity contribution is 0.0942. The SMILES string of the molecule is COc1ccc(C(NC(=O)c2ccc(F)cc2I)c2ccc(OC)cc2)cc1. The Morgan fingerprint density at radius 3 is 1.82 bits per heavy atom.